The summed E-state index contributed by atoms with van der Waals surface area (Å²) in [5.41, 5.74) is 2.49. The monoisotopic (exact) mass is 371 g/mol. The molecule has 0 aliphatic carbocycles. The van der Waals surface area contributed by atoms with Crippen LogP contribution in [0.2, 0.25) is 0 Å². The van der Waals surface area contributed by atoms with Crippen molar-refractivity contribution in [3.63, 3.8) is 0 Å². The van der Waals surface area contributed by atoms with Gasteiger partial charge < -0.3 is 15.3 Å². The van der Waals surface area contributed by atoms with E-state index in [1.165, 1.54) is 10.1 Å². The third kappa shape index (κ3) is 3.45. The number of hydrogen-bond donors (Lipinski definition) is 2. The lowest BCUT2D eigenvalue weighted by Gasteiger charge is -2.29. The number of pyridine rings is 1. The molecule has 2 aromatic heterocycles. The summed E-state index contributed by atoms with van der Waals surface area (Å²) >= 11 is 1.73. The van der Waals surface area contributed by atoms with Crippen LogP contribution in [0.1, 0.15) is 18.2 Å². The lowest BCUT2D eigenvalue weighted by Crippen LogP contribution is -2.43. The minimum atomic E-state index is -1.13. The third-order valence-electron chi connectivity index (χ3n) is 4.78. The molecule has 2 N–H and O–H groups in total. The number of thiophene rings is 1. The minimum absolute atomic E-state index is 0.131. The zero-order chi connectivity index (χ0) is 17.9. The largest absolute Gasteiger partial charge is 0.396 e. The second kappa shape index (κ2) is 7.70. The van der Waals surface area contributed by atoms with Gasteiger partial charge in [0.2, 0.25) is 0 Å². The van der Waals surface area contributed by atoms with Gasteiger partial charge in [0.1, 0.15) is 12.0 Å². The van der Waals surface area contributed by atoms with Gasteiger partial charge in [0.05, 0.1) is 10.4 Å². The number of rotatable bonds is 5. The van der Waals surface area contributed by atoms with Crippen molar-refractivity contribution in [1.82, 2.24) is 10.3 Å². The molecule has 1 unspecified atom stereocenters. The maximum Gasteiger partial charge on any atom is 0.147 e. The number of alkyl halides is 1. The maximum absolute atomic E-state index is 14.0. The van der Waals surface area contributed by atoms with Crippen LogP contribution in [0.4, 0.5) is 10.2 Å². The number of aliphatic hydroxyl groups excluding tert-OH is 1. The molecule has 1 aliphatic rings. The van der Waals surface area contributed by atoms with Crippen molar-refractivity contribution in [2.45, 2.75) is 12.6 Å². The van der Waals surface area contributed by atoms with E-state index in [0.717, 1.165) is 43.3 Å². The van der Waals surface area contributed by atoms with E-state index in [1.807, 2.05) is 12.1 Å². The lowest BCUT2D eigenvalue weighted by atomic mass is 10.0. The third-order valence-corrected chi connectivity index (χ3v) is 5.71. The normalized spacial score (nSPS) is 16.2. The number of halogens is 1. The van der Waals surface area contributed by atoms with Crippen molar-refractivity contribution in [3.05, 3.63) is 47.3 Å². The molecule has 0 spiro atoms. The first-order chi connectivity index (χ1) is 12.8. The Bertz CT molecular complexity index is 874. The second-order valence-electron chi connectivity index (χ2n) is 6.51. The van der Waals surface area contributed by atoms with Crippen LogP contribution in [-0.4, -0.2) is 42.9 Å². The molecule has 3 aromatic rings. The second-order valence-corrected chi connectivity index (χ2v) is 7.43. The lowest BCUT2D eigenvalue weighted by molar-refractivity contribution is 0.222. The minimum Gasteiger partial charge on any atom is -0.396 e. The van der Waals surface area contributed by atoms with Crippen LogP contribution in [0.5, 0.6) is 0 Å². The van der Waals surface area contributed by atoms with E-state index in [9.17, 15) is 4.39 Å². The molecule has 1 aliphatic heterocycles. The van der Waals surface area contributed by atoms with Crippen LogP contribution in [0.3, 0.4) is 0 Å². The van der Waals surface area contributed by atoms with Crippen LogP contribution in [0.25, 0.3) is 21.3 Å². The van der Waals surface area contributed by atoms with Crippen molar-refractivity contribution >= 4 is 27.2 Å². The van der Waals surface area contributed by atoms with E-state index >= 15 is 0 Å². The van der Waals surface area contributed by atoms with Gasteiger partial charge in [-0.2, -0.15) is 0 Å². The first-order valence-electron chi connectivity index (χ1n) is 8.95. The molecule has 1 saturated heterocycles. The first kappa shape index (κ1) is 17.4. The number of fused-ring (bicyclic) bond motifs is 1. The number of nitrogens with one attached hydrogen (secondary N) is 1. The van der Waals surface area contributed by atoms with Crippen LogP contribution < -0.4 is 10.2 Å². The molecule has 26 heavy (non-hydrogen) atoms. The molecule has 4 rings (SSSR count). The number of piperazine rings is 1. The Morgan fingerprint density at radius 2 is 1.96 bits per heavy atom. The summed E-state index contributed by atoms with van der Waals surface area (Å²) in [6.07, 6.45) is -0.997. The summed E-state index contributed by atoms with van der Waals surface area (Å²) in [5, 5.41) is 15.6. The van der Waals surface area contributed by atoms with Gasteiger partial charge in [-0.15, -0.1) is 11.3 Å². The Kier molecular flexibility index (Phi) is 5.15. The molecule has 1 aromatic carbocycles. The molecule has 0 bridgehead atoms. The average molecular weight is 371 g/mol. The number of aromatic nitrogens is 1. The summed E-state index contributed by atoms with van der Waals surface area (Å²) in [6, 6.07) is 11.7. The van der Waals surface area contributed by atoms with Gasteiger partial charge in [-0.3, -0.25) is 0 Å². The van der Waals surface area contributed by atoms with Gasteiger partial charge in [-0.25, -0.2) is 9.37 Å². The van der Waals surface area contributed by atoms with E-state index in [2.05, 4.69) is 27.7 Å². The van der Waals surface area contributed by atoms with Crippen molar-refractivity contribution in [3.8, 4) is 11.3 Å². The van der Waals surface area contributed by atoms with Gasteiger partial charge in [-0.05, 0) is 28.5 Å². The fourth-order valence-electron chi connectivity index (χ4n) is 3.34. The standard InChI is InChI=1S/C20H22FN3OS/c21-17(5-11-25)14-1-3-15(4-2-14)18-13-16-6-12-26-19(16)20(23-18)24-9-7-22-8-10-24/h1-4,6,12-13,17,22,25H,5,7-11H2. The molecule has 1 atom stereocenters. The van der Waals surface area contributed by atoms with Gasteiger partial charge >= 0.3 is 0 Å². The van der Waals surface area contributed by atoms with Crippen molar-refractivity contribution < 1.29 is 9.50 Å². The highest BCUT2D eigenvalue weighted by Crippen LogP contribution is 2.34. The molecular formula is C20H22FN3OS. The van der Waals surface area contributed by atoms with Crippen molar-refractivity contribution in [2.24, 2.45) is 0 Å². The average Bonchev–Trinajstić information content (AvgIpc) is 3.17. The van der Waals surface area contributed by atoms with Gasteiger partial charge in [0, 0.05) is 44.8 Å². The van der Waals surface area contributed by atoms with Crippen LogP contribution in [0.15, 0.2) is 41.8 Å². The van der Waals surface area contributed by atoms with Crippen LogP contribution in [-0.2, 0) is 0 Å². The zero-order valence-corrected chi connectivity index (χ0v) is 15.3. The smallest absolute Gasteiger partial charge is 0.147 e. The molecule has 3 heterocycles. The zero-order valence-electron chi connectivity index (χ0n) is 14.5. The molecule has 0 amide bonds. The summed E-state index contributed by atoms with van der Waals surface area (Å²) in [6.45, 7) is 3.69. The Hall–Kier alpha value is -2.02. The first-order valence-corrected chi connectivity index (χ1v) is 9.83. The quantitative estimate of drug-likeness (QED) is 0.717. The summed E-state index contributed by atoms with van der Waals surface area (Å²) < 4.78 is 15.2. The number of hydrogen-bond acceptors (Lipinski definition) is 5. The highest BCUT2D eigenvalue weighted by Gasteiger charge is 2.17. The Balaban J connectivity index is 1.70. The van der Waals surface area contributed by atoms with Gasteiger partial charge in [0.15, 0.2) is 0 Å². The van der Waals surface area contributed by atoms with Gasteiger partial charge in [0.25, 0.3) is 0 Å². The van der Waals surface area contributed by atoms with Crippen LogP contribution >= 0.6 is 11.3 Å². The highest BCUT2D eigenvalue weighted by molar-refractivity contribution is 7.17. The Morgan fingerprint density at radius 1 is 1.19 bits per heavy atom. The number of anilines is 1. The van der Waals surface area contributed by atoms with E-state index in [0.29, 0.717) is 5.56 Å². The van der Waals surface area contributed by atoms with E-state index in [4.69, 9.17) is 10.1 Å². The summed E-state index contributed by atoms with van der Waals surface area (Å²) in [4.78, 5) is 7.29. The van der Waals surface area contributed by atoms with E-state index in [1.54, 1.807) is 23.5 Å². The van der Waals surface area contributed by atoms with E-state index in [-0.39, 0.29) is 13.0 Å². The summed E-state index contributed by atoms with van der Waals surface area (Å²) in [5.74, 6) is 1.04. The molecule has 0 radical (unpaired) electrons. The Labute approximate surface area is 156 Å². The van der Waals surface area contributed by atoms with Gasteiger partial charge in [-0.1, -0.05) is 24.3 Å². The summed E-state index contributed by atoms with van der Waals surface area (Å²) in [7, 11) is 0. The number of nitrogens with zero attached hydrogens (tertiary/aromatic N) is 2. The van der Waals surface area contributed by atoms with Crippen molar-refractivity contribution in [1.29, 1.82) is 0 Å². The van der Waals surface area contributed by atoms with Crippen LogP contribution in [0, 0.1) is 0 Å². The molecule has 136 valence electrons. The predicted octanol–water partition coefficient (Wildman–Crippen LogP) is 3.77. The Morgan fingerprint density at radius 3 is 2.69 bits per heavy atom. The molecule has 0 saturated carbocycles. The number of benzene rings is 1. The molecule has 1 fully saturated rings. The maximum atomic E-state index is 14.0. The predicted molar refractivity (Wildman–Crippen MR) is 106 cm³/mol. The highest BCUT2D eigenvalue weighted by atomic mass is 32.1. The molecule has 4 nitrogen and oxygen atoms in total. The number of aliphatic hydroxyl groups is 1. The van der Waals surface area contributed by atoms with E-state index < -0.39 is 6.17 Å². The fraction of sp³-hybridized carbons (Fsp3) is 0.350. The van der Waals surface area contributed by atoms with Crippen molar-refractivity contribution in [2.75, 3.05) is 37.7 Å². The SMILES string of the molecule is OCCC(F)c1ccc(-c2cc3ccsc3c(N3CCNCC3)n2)cc1. The molecule has 6 heteroatoms. The fourth-order valence-corrected chi connectivity index (χ4v) is 4.23. The molecular weight excluding hydrogens is 349 g/mol. The topological polar surface area (TPSA) is 48.4 Å².